The Morgan fingerprint density at radius 2 is 1.37 bits per heavy atom. The van der Waals surface area contributed by atoms with Crippen LogP contribution in [0, 0.1) is 0 Å². The molecule has 0 radical (unpaired) electrons. The average molecular weight is 469 g/mol. The van der Waals surface area contributed by atoms with E-state index in [2.05, 4.69) is 77.1 Å². The first kappa shape index (κ1) is 27.5. The molecule has 0 spiro atoms. The van der Waals surface area contributed by atoms with Crippen LogP contribution in [-0.4, -0.2) is 45.0 Å². The first-order valence-electron chi connectivity index (χ1n) is 11.3. The summed E-state index contributed by atoms with van der Waals surface area (Å²) in [6, 6.07) is 10.4. The Bertz CT molecular complexity index is 615. The third-order valence-corrected chi connectivity index (χ3v) is 16.2. The van der Waals surface area contributed by atoms with E-state index in [0.29, 0.717) is 19.8 Å². The number of ether oxygens (including phenoxy) is 2. The second-order valence-electron chi connectivity index (χ2n) is 9.59. The van der Waals surface area contributed by atoms with Crippen molar-refractivity contribution in [3.8, 4) is 0 Å². The van der Waals surface area contributed by atoms with Gasteiger partial charge < -0.3 is 17.7 Å². The molecule has 0 saturated carbocycles. The van der Waals surface area contributed by atoms with Gasteiger partial charge in [0.25, 0.3) is 0 Å². The standard InChI is InChI=1S/C23H44O4Si3/c1-9-11-19-28(3,4)26-30(7,8)27-29(5,6)20-18-24-16-17-25-21-23-14-12-22(10-2)13-15-23/h10,12-15H,2,9,11,16-21H2,1,3-8H3. The maximum atomic E-state index is 6.62. The predicted molar refractivity (Wildman–Crippen MR) is 136 cm³/mol. The summed E-state index contributed by atoms with van der Waals surface area (Å²) in [5.41, 5.74) is 2.29. The molecular weight excluding hydrogens is 425 g/mol. The predicted octanol–water partition coefficient (Wildman–Crippen LogP) is 6.81. The highest BCUT2D eigenvalue weighted by atomic mass is 28.5. The minimum Gasteiger partial charge on any atom is -0.437 e. The second-order valence-corrected chi connectivity index (χ2v) is 22.1. The average Bonchev–Trinajstić information content (AvgIpc) is 2.64. The molecular formula is C23H44O4Si3. The summed E-state index contributed by atoms with van der Waals surface area (Å²) in [6.07, 6.45) is 4.32. The molecule has 0 aromatic heterocycles. The summed E-state index contributed by atoms with van der Waals surface area (Å²) >= 11 is 0. The molecule has 172 valence electrons. The van der Waals surface area contributed by atoms with E-state index in [1.165, 1.54) is 24.4 Å². The van der Waals surface area contributed by atoms with Crippen molar-refractivity contribution in [3.63, 3.8) is 0 Å². The van der Waals surface area contributed by atoms with Crippen molar-refractivity contribution in [2.24, 2.45) is 0 Å². The van der Waals surface area contributed by atoms with E-state index in [4.69, 9.17) is 17.7 Å². The minimum atomic E-state index is -2.11. The van der Waals surface area contributed by atoms with Crippen LogP contribution < -0.4 is 0 Å². The normalized spacial score (nSPS) is 12.9. The molecule has 1 aromatic rings. The first-order chi connectivity index (χ1) is 14.0. The van der Waals surface area contributed by atoms with Crippen LogP contribution in [0.3, 0.4) is 0 Å². The molecule has 0 heterocycles. The Hall–Kier alpha value is -0.549. The van der Waals surface area contributed by atoms with Gasteiger partial charge in [0.15, 0.2) is 16.6 Å². The highest BCUT2D eigenvalue weighted by molar-refractivity contribution is 6.87. The maximum Gasteiger partial charge on any atom is 0.311 e. The van der Waals surface area contributed by atoms with Gasteiger partial charge in [0.2, 0.25) is 0 Å². The monoisotopic (exact) mass is 468 g/mol. The van der Waals surface area contributed by atoms with Crippen molar-refractivity contribution < 1.29 is 17.7 Å². The molecule has 1 rings (SSSR count). The fourth-order valence-electron chi connectivity index (χ4n) is 3.53. The Morgan fingerprint density at radius 1 is 0.800 bits per heavy atom. The van der Waals surface area contributed by atoms with Gasteiger partial charge in [-0.25, -0.2) is 0 Å². The van der Waals surface area contributed by atoms with Crippen LogP contribution in [0.1, 0.15) is 30.9 Å². The molecule has 0 aliphatic carbocycles. The lowest BCUT2D eigenvalue weighted by molar-refractivity contribution is 0.0445. The van der Waals surface area contributed by atoms with Gasteiger partial charge in [-0.1, -0.05) is 56.7 Å². The SMILES string of the molecule is C=Cc1ccc(COCCOCC[Si](C)(C)O[Si](C)(C)O[Si](C)(C)CCCC)cc1. The fourth-order valence-corrected chi connectivity index (χ4v) is 17.4. The molecule has 1 aromatic carbocycles. The lowest BCUT2D eigenvalue weighted by Gasteiger charge is -2.38. The molecule has 4 nitrogen and oxygen atoms in total. The zero-order valence-corrected chi connectivity index (χ0v) is 23.4. The molecule has 0 unspecified atom stereocenters. The molecule has 0 aliphatic rings. The molecule has 30 heavy (non-hydrogen) atoms. The van der Waals surface area contributed by atoms with Crippen LogP contribution in [0.15, 0.2) is 30.8 Å². The first-order valence-corrected chi connectivity index (χ1v) is 20.3. The molecule has 0 N–H and O–H groups in total. The van der Waals surface area contributed by atoms with E-state index < -0.39 is 25.2 Å². The van der Waals surface area contributed by atoms with Crippen LogP contribution in [0.25, 0.3) is 6.08 Å². The number of rotatable bonds is 16. The van der Waals surface area contributed by atoms with Gasteiger partial charge in [0.1, 0.15) is 0 Å². The van der Waals surface area contributed by atoms with Crippen molar-refractivity contribution in [1.29, 1.82) is 0 Å². The summed E-state index contributed by atoms with van der Waals surface area (Å²) < 4.78 is 24.7. The quantitative estimate of drug-likeness (QED) is 0.197. The van der Waals surface area contributed by atoms with E-state index in [9.17, 15) is 0 Å². The van der Waals surface area contributed by atoms with Crippen LogP contribution in [-0.2, 0) is 24.3 Å². The second kappa shape index (κ2) is 13.1. The topological polar surface area (TPSA) is 36.9 Å². The highest BCUT2D eigenvalue weighted by Gasteiger charge is 2.39. The Labute approximate surface area is 188 Å². The van der Waals surface area contributed by atoms with E-state index in [1.807, 2.05) is 6.08 Å². The van der Waals surface area contributed by atoms with E-state index in [0.717, 1.165) is 18.2 Å². The third kappa shape index (κ3) is 12.3. The molecule has 0 amide bonds. The van der Waals surface area contributed by atoms with Crippen LogP contribution >= 0.6 is 0 Å². The lowest BCUT2D eigenvalue weighted by atomic mass is 10.1. The van der Waals surface area contributed by atoms with Crippen molar-refractivity contribution in [1.82, 2.24) is 0 Å². The van der Waals surface area contributed by atoms with Crippen molar-refractivity contribution in [3.05, 3.63) is 42.0 Å². The molecule has 7 heteroatoms. The van der Waals surface area contributed by atoms with Gasteiger partial charge in [0.05, 0.1) is 19.8 Å². The molecule has 0 aliphatic heterocycles. The number of benzene rings is 1. The summed E-state index contributed by atoms with van der Waals surface area (Å²) in [5, 5.41) is 0. The smallest absolute Gasteiger partial charge is 0.311 e. The summed E-state index contributed by atoms with van der Waals surface area (Å²) in [4.78, 5) is 0. The van der Waals surface area contributed by atoms with E-state index in [1.54, 1.807) is 0 Å². The highest BCUT2D eigenvalue weighted by Crippen LogP contribution is 2.25. The van der Waals surface area contributed by atoms with Gasteiger partial charge in [0, 0.05) is 6.61 Å². The Morgan fingerprint density at radius 3 is 1.93 bits per heavy atom. The maximum absolute atomic E-state index is 6.62. The van der Waals surface area contributed by atoms with Gasteiger partial charge in [-0.05, 0) is 62.5 Å². The van der Waals surface area contributed by atoms with Crippen molar-refractivity contribution in [2.45, 2.75) is 77.7 Å². The summed E-state index contributed by atoms with van der Waals surface area (Å²) in [7, 11) is -5.57. The van der Waals surface area contributed by atoms with Crippen molar-refractivity contribution >= 4 is 31.3 Å². The van der Waals surface area contributed by atoms with Gasteiger partial charge >= 0.3 is 8.56 Å². The van der Waals surface area contributed by atoms with Crippen LogP contribution in [0.4, 0.5) is 0 Å². The zero-order chi connectivity index (χ0) is 22.7. The summed E-state index contributed by atoms with van der Waals surface area (Å²) in [5.74, 6) is 0. The molecule has 0 atom stereocenters. The van der Waals surface area contributed by atoms with Gasteiger partial charge in [-0.3, -0.25) is 0 Å². The largest absolute Gasteiger partial charge is 0.437 e. The van der Waals surface area contributed by atoms with Gasteiger partial charge in [-0.2, -0.15) is 0 Å². The van der Waals surface area contributed by atoms with Crippen LogP contribution in [0.2, 0.25) is 51.4 Å². The van der Waals surface area contributed by atoms with Crippen molar-refractivity contribution in [2.75, 3.05) is 19.8 Å². The minimum absolute atomic E-state index is 0.604. The fraction of sp³-hybridized carbons (Fsp3) is 0.652. The Kier molecular flexibility index (Phi) is 12.0. The van der Waals surface area contributed by atoms with E-state index >= 15 is 0 Å². The van der Waals surface area contributed by atoms with Gasteiger partial charge in [-0.15, -0.1) is 0 Å². The molecule has 0 saturated heterocycles. The molecule has 0 fully saturated rings. The van der Waals surface area contributed by atoms with E-state index in [-0.39, 0.29) is 0 Å². The number of unbranched alkanes of at least 4 members (excludes halogenated alkanes) is 1. The summed E-state index contributed by atoms with van der Waals surface area (Å²) in [6.45, 7) is 22.2. The number of hydrogen-bond acceptors (Lipinski definition) is 4. The Balaban J connectivity index is 2.24. The number of hydrogen-bond donors (Lipinski definition) is 0. The third-order valence-electron chi connectivity index (χ3n) is 4.88. The lowest BCUT2D eigenvalue weighted by Crippen LogP contribution is -2.52. The molecule has 0 bridgehead atoms. The zero-order valence-electron chi connectivity index (χ0n) is 20.4. The van der Waals surface area contributed by atoms with Crippen LogP contribution in [0.5, 0.6) is 0 Å².